The number of nitrogens with zero attached hydrogens (tertiary/aromatic N) is 7. The third-order valence-electron chi connectivity index (χ3n) is 5.42. The zero-order chi connectivity index (χ0) is 22.2. The van der Waals surface area contributed by atoms with Crippen LogP contribution in [-0.4, -0.2) is 74.2 Å². The number of hydrogen-bond acceptors (Lipinski definition) is 7. The summed E-state index contributed by atoms with van der Waals surface area (Å²) in [6.07, 6.45) is 1.74. The molecule has 1 saturated heterocycles. The number of amides is 1. The fourth-order valence-electron chi connectivity index (χ4n) is 3.56. The highest BCUT2D eigenvalue weighted by atomic mass is 32.2. The Kier molecular flexibility index (Phi) is 5.94. The van der Waals surface area contributed by atoms with Crippen LogP contribution in [0.4, 0.5) is 5.82 Å². The molecule has 0 aromatic carbocycles. The number of aromatic nitrogens is 4. The van der Waals surface area contributed by atoms with Gasteiger partial charge in [0.25, 0.3) is 0 Å². The van der Waals surface area contributed by atoms with E-state index in [1.165, 1.54) is 25.9 Å². The maximum absolute atomic E-state index is 13.1. The lowest BCUT2D eigenvalue weighted by Crippen LogP contribution is -2.52. The van der Waals surface area contributed by atoms with Gasteiger partial charge in [0, 0.05) is 33.2 Å². The first-order valence-corrected chi connectivity index (χ1v) is 11.0. The molecule has 13 heteroatoms. The van der Waals surface area contributed by atoms with Crippen molar-refractivity contribution in [2.75, 3.05) is 26.2 Å². The standard InChI is InChI=1S/C17H25N7O5S/c1-5-14(23-12(2)10-16(19-23)24(26)27)17(25)21-6-8-22(9-7-21)30(28,29)15-11-18-20(4)13(15)3/h10-11,14H,5-9H2,1-4H3. The zero-order valence-corrected chi connectivity index (χ0v) is 18.2. The molecule has 3 rings (SSSR count). The van der Waals surface area contributed by atoms with Crippen molar-refractivity contribution in [2.45, 2.75) is 38.1 Å². The number of piperazine rings is 1. The first-order valence-electron chi connectivity index (χ1n) is 9.56. The highest BCUT2D eigenvalue weighted by molar-refractivity contribution is 7.89. The van der Waals surface area contributed by atoms with E-state index in [0.717, 1.165) is 0 Å². The maximum atomic E-state index is 13.1. The van der Waals surface area contributed by atoms with Crippen molar-refractivity contribution < 1.29 is 18.1 Å². The van der Waals surface area contributed by atoms with Gasteiger partial charge in [0.05, 0.1) is 28.7 Å². The average Bonchev–Trinajstić information content (AvgIpc) is 3.26. The molecule has 164 valence electrons. The quantitative estimate of drug-likeness (QED) is 0.475. The molecule has 0 radical (unpaired) electrons. The Labute approximate surface area is 174 Å². The summed E-state index contributed by atoms with van der Waals surface area (Å²) in [5.41, 5.74) is 1.07. The molecule has 3 heterocycles. The molecule has 1 fully saturated rings. The van der Waals surface area contributed by atoms with Gasteiger partial charge in [0.1, 0.15) is 4.90 Å². The minimum atomic E-state index is -3.69. The number of sulfonamides is 1. The van der Waals surface area contributed by atoms with Crippen molar-refractivity contribution in [1.29, 1.82) is 0 Å². The molecule has 1 unspecified atom stereocenters. The highest BCUT2D eigenvalue weighted by Gasteiger charge is 2.35. The van der Waals surface area contributed by atoms with E-state index in [2.05, 4.69) is 10.2 Å². The van der Waals surface area contributed by atoms with Crippen LogP contribution in [0.15, 0.2) is 17.2 Å². The fourth-order valence-corrected chi connectivity index (χ4v) is 5.17. The van der Waals surface area contributed by atoms with Gasteiger partial charge in [0.15, 0.2) is 6.04 Å². The van der Waals surface area contributed by atoms with Crippen LogP contribution < -0.4 is 0 Å². The van der Waals surface area contributed by atoms with Crippen LogP contribution in [0.2, 0.25) is 0 Å². The van der Waals surface area contributed by atoms with Gasteiger partial charge in [-0.25, -0.2) is 8.42 Å². The molecule has 1 amide bonds. The fraction of sp³-hybridized carbons (Fsp3) is 0.588. The number of carbonyl (C=O) groups excluding carboxylic acids is 1. The lowest BCUT2D eigenvalue weighted by molar-refractivity contribution is -0.389. The van der Waals surface area contributed by atoms with Crippen LogP contribution in [-0.2, 0) is 21.9 Å². The summed E-state index contributed by atoms with van der Waals surface area (Å²) in [7, 11) is -2.01. The SMILES string of the molecule is CCC(C(=O)N1CCN(S(=O)(=O)c2cnn(C)c2C)CC1)n1nc([N+](=O)[O-])cc1C. The van der Waals surface area contributed by atoms with Gasteiger partial charge in [-0.3, -0.25) is 9.48 Å². The number of aryl methyl sites for hydroxylation is 2. The van der Waals surface area contributed by atoms with Crippen molar-refractivity contribution in [3.8, 4) is 0 Å². The van der Waals surface area contributed by atoms with Gasteiger partial charge >= 0.3 is 5.82 Å². The molecule has 0 bridgehead atoms. The Balaban J connectivity index is 1.73. The van der Waals surface area contributed by atoms with Gasteiger partial charge in [-0.15, -0.1) is 0 Å². The van der Waals surface area contributed by atoms with E-state index in [1.54, 1.807) is 32.7 Å². The van der Waals surface area contributed by atoms with E-state index in [9.17, 15) is 23.3 Å². The molecule has 12 nitrogen and oxygen atoms in total. The molecule has 0 spiro atoms. The van der Waals surface area contributed by atoms with E-state index < -0.39 is 21.0 Å². The third-order valence-corrected chi connectivity index (χ3v) is 7.42. The minimum Gasteiger partial charge on any atom is -0.358 e. The molecular weight excluding hydrogens is 414 g/mol. The van der Waals surface area contributed by atoms with E-state index in [-0.39, 0.29) is 42.8 Å². The molecule has 2 aromatic heterocycles. The van der Waals surface area contributed by atoms with Crippen LogP contribution in [0.1, 0.15) is 30.8 Å². The second kappa shape index (κ2) is 8.14. The summed E-state index contributed by atoms with van der Waals surface area (Å²) >= 11 is 0. The minimum absolute atomic E-state index is 0.163. The summed E-state index contributed by atoms with van der Waals surface area (Å²) in [4.78, 5) is 25.2. The molecule has 30 heavy (non-hydrogen) atoms. The van der Waals surface area contributed by atoms with Crippen molar-refractivity contribution in [1.82, 2.24) is 28.8 Å². The van der Waals surface area contributed by atoms with Crippen LogP contribution in [0, 0.1) is 24.0 Å². The first-order chi connectivity index (χ1) is 14.1. The Bertz CT molecular complexity index is 1070. The van der Waals surface area contributed by atoms with Crippen molar-refractivity contribution in [2.24, 2.45) is 7.05 Å². The molecule has 0 N–H and O–H groups in total. The average molecular weight is 439 g/mol. The monoisotopic (exact) mass is 439 g/mol. The summed E-state index contributed by atoms with van der Waals surface area (Å²) in [5.74, 6) is -0.533. The first kappa shape index (κ1) is 21.9. The van der Waals surface area contributed by atoms with Gasteiger partial charge in [0.2, 0.25) is 15.9 Å². The molecule has 1 aliphatic rings. The lowest BCUT2D eigenvalue weighted by Gasteiger charge is -2.35. The zero-order valence-electron chi connectivity index (χ0n) is 17.3. The Morgan fingerprint density at radius 2 is 1.90 bits per heavy atom. The maximum Gasteiger partial charge on any atom is 0.390 e. The topological polar surface area (TPSA) is 136 Å². The molecule has 0 saturated carbocycles. The van der Waals surface area contributed by atoms with Crippen molar-refractivity contribution >= 4 is 21.7 Å². The normalized spacial score (nSPS) is 16.6. The highest BCUT2D eigenvalue weighted by Crippen LogP contribution is 2.24. The summed E-state index contributed by atoms with van der Waals surface area (Å²) in [6, 6.07) is 0.652. The number of hydrogen-bond donors (Lipinski definition) is 0. The number of rotatable bonds is 6. The van der Waals surface area contributed by atoms with Crippen molar-refractivity contribution in [3.05, 3.63) is 33.8 Å². The smallest absolute Gasteiger partial charge is 0.358 e. The van der Waals surface area contributed by atoms with Gasteiger partial charge < -0.3 is 15.0 Å². The predicted octanol–water partition coefficient (Wildman–Crippen LogP) is 0.626. The van der Waals surface area contributed by atoms with Crippen LogP contribution in [0.25, 0.3) is 0 Å². The largest absolute Gasteiger partial charge is 0.390 e. The summed E-state index contributed by atoms with van der Waals surface area (Å²) < 4.78 is 30.1. The van der Waals surface area contributed by atoms with Gasteiger partial charge in [-0.2, -0.15) is 14.1 Å². The second-order valence-electron chi connectivity index (χ2n) is 7.22. The molecular formula is C17H25N7O5S. The second-order valence-corrected chi connectivity index (χ2v) is 9.12. The van der Waals surface area contributed by atoms with E-state index >= 15 is 0 Å². The van der Waals surface area contributed by atoms with Gasteiger partial charge in [-0.05, 0) is 25.2 Å². The van der Waals surface area contributed by atoms with Crippen molar-refractivity contribution in [3.63, 3.8) is 0 Å². The number of carbonyl (C=O) groups is 1. The Morgan fingerprint density at radius 3 is 2.37 bits per heavy atom. The Hall–Kier alpha value is -2.80. The lowest BCUT2D eigenvalue weighted by atomic mass is 10.1. The molecule has 0 aliphatic carbocycles. The third kappa shape index (κ3) is 3.81. The number of nitro groups is 1. The van der Waals surface area contributed by atoms with Crippen LogP contribution in [0.5, 0.6) is 0 Å². The Morgan fingerprint density at radius 1 is 1.27 bits per heavy atom. The summed E-state index contributed by atoms with van der Waals surface area (Å²) in [6.45, 7) is 5.95. The molecule has 1 aliphatic heterocycles. The van der Waals surface area contributed by atoms with E-state index in [0.29, 0.717) is 17.8 Å². The van der Waals surface area contributed by atoms with Crippen LogP contribution >= 0.6 is 0 Å². The molecule has 2 aromatic rings. The van der Waals surface area contributed by atoms with E-state index in [4.69, 9.17) is 0 Å². The van der Waals surface area contributed by atoms with Crippen LogP contribution in [0.3, 0.4) is 0 Å². The molecule has 1 atom stereocenters. The predicted molar refractivity (Wildman–Crippen MR) is 106 cm³/mol. The summed E-state index contributed by atoms with van der Waals surface area (Å²) in [5, 5.41) is 18.9. The van der Waals surface area contributed by atoms with E-state index in [1.807, 2.05) is 0 Å². The van der Waals surface area contributed by atoms with Gasteiger partial charge in [-0.1, -0.05) is 6.92 Å².